The molecule has 0 unspecified atom stereocenters. The molecule has 0 atom stereocenters. The molecule has 1 aromatic rings. The summed E-state index contributed by atoms with van der Waals surface area (Å²) in [5.74, 6) is 1.46. The number of benzene rings is 1. The molecular weight excluding hydrogens is 256 g/mol. The van der Waals surface area contributed by atoms with Crippen LogP contribution in [0.4, 0.5) is 5.69 Å². The van der Waals surface area contributed by atoms with E-state index in [4.69, 9.17) is 5.73 Å². The van der Waals surface area contributed by atoms with Gasteiger partial charge in [0.2, 0.25) is 0 Å². The number of nitrogens with zero attached hydrogens (tertiary/aromatic N) is 1. The van der Waals surface area contributed by atoms with Crippen LogP contribution in [0.2, 0.25) is 0 Å². The van der Waals surface area contributed by atoms with Gasteiger partial charge in [-0.3, -0.25) is 0 Å². The monoisotopic (exact) mass is 286 g/mol. The van der Waals surface area contributed by atoms with E-state index in [1.807, 2.05) is 12.1 Å². The van der Waals surface area contributed by atoms with Crippen molar-refractivity contribution in [2.45, 2.75) is 39.5 Å². The Hall–Kier alpha value is -1.28. The van der Waals surface area contributed by atoms with Crippen LogP contribution in [0.3, 0.4) is 0 Å². The maximum Gasteiger partial charge on any atom is 0.0314 e. The Labute approximate surface area is 130 Å². The van der Waals surface area contributed by atoms with E-state index in [9.17, 15) is 0 Å². The zero-order chi connectivity index (χ0) is 15.2. The fourth-order valence-electron chi connectivity index (χ4n) is 3.16. The van der Waals surface area contributed by atoms with Gasteiger partial charge in [-0.15, -0.1) is 0 Å². The zero-order valence-electron chi connectivity index (χ0n) is 13.6. The summed E-state index contributed by atoms with van der Waals surface area (Å²) in [6.07, 6.45) is 5.16. The van der Waals surface area contributed by atoms with Crippen molar-refractivity contribution >= 4 is 11.3 Å². The van der Waals surface area contributed by atoms with Crippen LogP contribution < -0.4 is 5.73 Å². The van der Waals surface area contributed by atoms with Crippen molar-refractivity contribution in [3.63, 3.8) is 0 Å². The molecule has 1 fully saturated rings. The van der Waals surface area contributed by atoms with Gasteiger partial charge in [0.1, 0.15) is 0 Å². The largest absolute Gasteiger partial charge is 0.399 e. The van der Waals surface area contributed by atoms with Gasteiger partial charge in [-0.25, -0.2) is 0 Å². The first-order chi connectivity index (χ1) is 10.1. The second kappa shape index (κ2) is 7.65. The molecule has 0 radical (unpaired) electrons. The molecule has 0 aromatic heterocycles. The van der Waals surface area contributed by atoms with Gasteiger partial charge in [0.15, 0.2) is 0 Å². The summed E-state index contributed by atoms with van der Waals surface area (Å²) >= 11 is 0. The third kappa shape index (κ3) is 4.89. The predicted molar refractivity (Wildman–Crippen MR) is 93.1 cm³/mol. The van der Waals surface area contributed by atoms with Crippen molar-refractivity contribution in [1.29, 1.82) is 0 Å². The smallest absolute Gasteiger partial charge is 0.0314 e. The van der Waals surface area contributed by atoms with E-state index in [0.717, 1.165) is 11.6 Å². The first kappa shape index (κ1) is 16.1. The predicted octanol–water partition coefficient (Wildman–Crippen LogP) is 4.43. The molecule has 0 saturated carbocycles. The van der Waals surface area contributed by atoms with Crippen LogP contribution in [0, 0.1) is 11.8 Å². The minimum atomic E-state index is 0.634. The lowest BCUT2D eigenvalue weighted by Gasteiger charge is -2.33. The average Bonchev–Trinajstić information content (AvgIpc) is 2.48. The molecule has 1 aliphatic rings. The van der Waals surface area contributed by atoms with Crippen molar-refractivity contribution < 1.29 is 0 Å². The molecule has 1 saturated heterocycles. The molecule has 1 aliphatic heterocycles. The third-order valence-electron chi connectivity index (χ3n) is 4.62. The summed E-state index contributed by atoms with van der Waals surface area (Å²) in [5.41, 5.74) is 9.12. The quantitative estimate of drug-likeness (QED) is 0.784. The highest BCUT2D eigenvalue weighted by atomic mass is 15.1. The number of nitrogen functional groups attached to an aromatic ring is 1. The van der Waals surface area contributed by atoms with Crippen molar-refractivity contribution in [1.82, 2.24) is 4.90 Å². The minimum Gasteiger partial charge on any atom is -0.399 e. The first-order valence-corrected chi connectivity index (χ1v) is 8.33. The van der Waals surface area contributed by atoms with Gasteiger partial charge >= 0.3 is 0 Å². The van der Waals surface area contributed by atoms with E-state index in [-0.39, 0.29) is 0 Å². The fraction of sp³-hybridized carbons (Fsp3) is 0.579. The Morgan fingerprint density at radius 2 is 1.86 bits per heavy atom. The molecule has 2 nitrogen and oxygen atoms in total. The summed E-state index contributed by atoms with van der Waals surface area (Å²) in [7, 11) is 0. The van der Waals surface area contributed by atoms with Gasteiger partial charge in [0.25, 0.3) is 0 Å². The van der Waals surface area contributed by atoms with Gasteiger partial charge in [0, 0.05) is 5.69 Å². The van der Waals surface area contributed by atoms with Crippen molar-refractivity contribution in [3.8, 4) is 0 Å². The SMILES string of the molecule is C=C(c1ccc(N)cc1)C1CCN(CCCC(C)C)CC1. The van der Waals surface area contributed by atoms with E-state index in [2.05, 4.69) is 37.5 Å². The number of anilines is 1. The van der Waals surface area contributed by atoms with E-state index in [1.54, 1.807) is 0 Å². The third-order valence-corrected chi connectivity index (χ3v) is 4.62. The Kier molecular flexibility index (Phi) is 5.86. The van der Waals surface area contributed by atoms with E-state index in [1.165, 1.54) is 56.5 Å². The first-order valence-electron chi connectivity index (χ1n) is 8.33. The number of piperidine rings is 1. The highest BCUT2D eigenvalue weighted by molar-refractivity contribution is 5.66. The summed E-state index contributed by atoms with van der Waals surface area (Å²) in [6, 6.07) is 8.16. The van der Waals surface area contributed by atoms with Crippen LogP contribution >= 0.6 is 0 Å². The molecular formula is C19H30N2. The number of hydrogen-bond acceptors (Lipinski definition) is 2. The van der Waals surface area contributed by atoms with Gasteiger partial charge in [-0.1, -0.05) is 32.6 Å². The number of likely N-dealkylation sites (tertiary alicyclic amines) is 1. The highest BCUT2D eigenvalue weighted by Crippen LogP contribution is 2.30. The minimum absolute atomic E-state index is 0.634. The molecule has 1 aromatic carbocycles. The topological polar surface area (TPSA) is 29.3 Å². The van der Waals surface area contributed by atoms with Crippen LogP contribution in [0.5, 0.6) is 0 Å². The number of hydrogen-bond donors (Lipinski definition) is 1. The number of allylic oxidation sites excluding steroid dienone is 1. The maximum absolute atomic E-state index is 5.75. The summed E-state index contributed by atoms with van der Waals surface area (Å²) < 4.78 is 0. The molecule has 2 rings (SSSR count). The number of rotatable bonds is 6. The Morgan fingerprint density at radius 3 is 2.43 bits per heavy atom. The van der Waals surface area contributed by atoms with Gasteiger partial charge in [-0.2, -0.15) is 0 Å². The molecule has 1 heterocycles. The molecule has 21 heavy (non-hydrogen) atoms. The van der Waals surface area contributed by atoms with E-state index >= 15 is 0 Å². The molecule has 0 bridgehead atoms. The summed E-state index contributed by atoms with van der Waals surface area (Å²) in [5, 5.41) is 0. The van der Waals surface area contributed by atoms with Gasteiger partial charge < -0.3 is 10.6 Å². The standard InChI is InChI=1S/C19H30N2/c1-15(2)5-4-12-21-13-10-18(11-14-21)16(3)17-6-8-19(20)9-7-17/h6-9,15,18H,3-5,10-14,20H2,1-2H3. The zero-order valence-corrected chi connectivity index (χ0v) is 13.6. The van der Waals surface area contributed by atoms with Crippen LogP contribution in [-0.4, -0.2) is 24.5 Å². The Bertz CT molecular complexity index is 439. The Balaban J connectivity index is 1.78. The molecule has 0 aliphatic carbocycles. The molecule has 2 N–H and O–H groups in total. The average molecular weight is 286 g/mol. The van der Waals surface area contributed by atoms with E-state index < -0.39 is 0 Å². The van der Waals surface area contributed by atoms with E-state index in [0.29, 0.717) is 5.92 Å². The van der Waals surface area contributed by atoms with Crippen LogP contribution in [0.15, 0.2) is 30.8 Å². The van der Waals surface area contributed by atoms with Gasteiger partial charge in [0.05, 0.1) is 0 Å². The van der Waals surface area contributed by atoms with Crippen LogP contribution in [0.1, 0.15) is 45.1 Å². The fourth-order valence-corrected chi connectivity index (χ4v) is 3.16. The molecule has 116 valence electrons. The normalized spacial score (nSPS) is 17.3. The lowest BCUT2D eigenvalue weighted by atomic mass is 9.86. The molecule has 2 heteroatoms. The highest BCUT2D eigenvalue weighted by Gasteiger charge is 2.21. The number of nitrogens with two attached hydrogens (primary N) is 1. The van der Waals surface area contributed by atoms with Crippen molar-refractivity contribution in [2.24, 2.45) is 11.8 Å². The van der Waals surface area contributed by atoms with Gasteiger partial charge in [-0.05, 0) is 80.4 Å². The second-order valence-electron chi connectivity index (χ2n) is 6.80. The lowest BCUT2D eigenvalue weighted by molar-refractivity contribution is 0.200. The van der Waals surface area contributed by atoms with Crippen molar-refractivity contribution in [3.05, 3.63) is 36.4 Å². The Morgan fingerprint density at radius 1 is 1.24 bits per heavy atom. The molecule has 0 spiro atoms. The van der Waals surface area contributed by atoms with Crippen LogP contribution in [-0.2, 0) is 0 Å². The van der Waals surface area contributed by atoms with Crippen LogP contribution in [0.25, 0.3) is 5.57 Å². The summed E-state index contributed by atoms with van der Waals surface area (Å²) in [6.45, 7) is 12.6. The second-order valence-corrected chi connectivity index (χ2v) is 6.80. The lowest BCUT2D eigenvalue weighted by Crippen LogP contribution is -2.34. The molecule has 0 amide bonds. The summed E-state index contributed by atoms with van der Waals surface area (Å²) in [4.78, 5) is 2.62. The van der Waals surface area contributed by atoms with Crippen molar-refractivity contribution in [2.75, 3.05) is 25.4 Å². The maximum atomic E-state index is 5.75.